The lowest BCUT2D eigenvalue weighted by atomic mass is 10.0. The van der Waals surface area contributed by atoms with Gasteiger partial charge in [0, 0.05) is 16.7 Å². The van der Waals surface area contributed by atoms with E-state index in [-0.39, 0.29) is 0 Å². The first-order valence-electron chi connectivity index (χ1n) is 9.95. The molecule has 4 aromatic rings. The second kappa shape index (κ2) is 8.57. The van der Waals surface area contributed by atoms with E-state index in [1.165, 1.54) is 5.56 Å². The van der Waals surface area contributed by atoms with E-state index in [4.69, 9.17) is 20.5 Å². The maximum atomic E-state index is 9.07. The number of nitriles is 2. The summed E-state index contributed by atoms with van der Waals surface area (Å²) in [4.78, 5) is 14.1. The summed E-state index contributed by atoms with van der Waals surface area (Å²) in [5.74, 6) is 2.07. The first-order valence-corrected chi connectivity index (χ1v) is 9.95. The largest absolute Gasteiger partial charge is 0.208 e. The lowest BCUT2D eigenvalue weighted by Crippen LogP contribution is -2.00. The van der Waals surface area contributed by atoms with Crippen LogP contribution < -0.4 is 0 Å². The Morgan fingerprint density at radius 2 is 0.871 bits per heavy atom. The molecular formula is C26H19N5. The molecule has 0 amide bonds. The molecule has 148 valence electrons. The summed E-state index contributed by atoms with van der Waals surface area (Å²) in [7, 11) is 0. The fourth-order valence-electron chi connectivity index (χ4n) is 3.17. The average Bonchev–Trinajstić information content (AvgIpc) is 2.84. The van der Waals surface area contributed by atoms with Crippen molar-refractivity contribution in [2.75, 3.05) is 0 Å². The maximum absolute atomic E-state index is 9.07. The molecule has 0 radical (unpaired) electrons. The van der Waals surface area contributed by atoms with Crippen LogP contribution in [0.4, 0.5) is 0 Å². The standard InChI is InChI=1S/C26H19N5/c1-17(2)20-11-13-23(14-12-20)26-30-24(21-7-3-18(15-27)4-8-21)29-25(31-26)22-9-5-19(16-28)6-10-22/h3-14,17H,1-2H3. The summed E-state index contributed by atoms with van der Waals surface area (Å²) in [6.45, 7) is 4.31. The maximum Gasteiger partial charge on any atom is 0.164 e. The molecule has 0 atom stereocenters. The molecule has 1 aromatic heterocycles. The van der Waals surface area contributed by atoms with Crippen LogP contribution in [-0.2, 0) is 0 Å². The van der Waals surface area contributed by atoms with Gasteiger partial charge >= 0.3 is 0 Å². The summed E-state index contributed by atoms with van der Waals surface area (Å²) in [5, 5.41) is 18.1. The van der Waals surface area contributed by atoms with E-state index in [9.17, 15) is 0 Å². The Kier molecular flexibility index (Phi) is 5.51. The number of aromatic nitrogens is 3. The van der Waals surface area contributed by atoms with Crippen LogP contribution in [0.3, 0.4) is 0 Å². The van der Waals surface area contributed by atoms with E-state index in [1.54, 1.807) is 24.3 Å². The number of rotatable bonds is 4. The predicted octanol–water partition coefficient (Wildman–Crippen LogP) is 5.74. The van der Waals surface area contributed by atoms with Crippen molar-refractivity contribution >= 4 is 0 Å². The third-order valence-electron chi connectivity index (χ3n) is 5.02. The topological polar surface area (TPSA) is 86.2 Å². The van der Waals surface area contributed by atoms with Crippen molar-refractivity contribution in [3.05, 3.63) is 89.5 Å². The third-order valence-corrected chi connectivity index (χ3v) is 5.02. The van der Waals surface area contributed by atoms with Crippen LogP contribution in [0.25, 0.3) is 34.2 Å². The molecule has 0 saturated heterocycles. The van der Waals surface area contributed by atoms with Crippen LogP contribution >= 0.6 is 0 Å². The predicted molar refractivity (Wildman–Crippen MR) is 120 cm³/mol. The van der Waals surface area contributed by atoms with Crippen LogP contribution in [0, 0.1) is 22.7 Å². The van der Waals surface area contributed by atoms with Crippen LogP contribution in [0.1, 0.15) is 36.5 Å². The Bertz CT molecular complexity index is 1210. The molecule has 4 rings (SSSR count). The number of hydrogen-bond acceptors (Lipinski definition) is 5. The van der Waals surface area contributed by atoms with Crippen molar-refractivity contribution < 1.29 is 0 Å². The minimum Gasteiger partial charge on any atom is -0.208 e. The van der Waals surface area contributed by atoms with Crippen molar-refractivity contribution in [2.45, 2.75) is 19.8 Å². The Morgan fingerprint density at radius 3 is 1.16 bits per heavy atom. The monoisotopic (exact) mass is 401 g/mol. The molecule has 0 saturated carbocycles. The number of nitrogens with zero attached hydrogens (tertiary/aromatic N) is 5. The highest BCUT2D eigenvalue weighted by molar-refractivity contribution is 5.67. The van der Waals surface area contributed by atoms with E-state index in [0.717, 1.165) is 16.7 Å². The van der Waals surface area contributed by atoms with Gasteiger partial charge in [0.2, 0.25) is 0 Å². The molecule has 5 nitrogen and oxygen atoms in total. The fraction of sp³-hybridized carbons (Fsp3) is 0.115. The van der Waals surface area contributed by atoms with Gasteiger partial charge in [0.05, 0.1) is 23.3 Å². The molecule has 0 unspecified atom stereocenters. The van der Waals surface area contributed by atoms with Gasteiger partial charge in [-0.3, -0.25) is 0 Å². The van der Waals surface area contributed by atoms with Crippen LogP contribution in [0.15, 0.2) is 72.8 Å². The molecule has 3 aromatic carbocycles. The molecule has 5 heteroatoms. The van der Waals surface area contributed by atoms with E-state index in [1.807, 2.05) is 36.4 Å². The second-order valence-corrected chi connectivity index (χ2v) is 7.46. The zero-order chi connectivity index (χ0) is 21.8. The third kappa shape index (κ3) is 4.32. The van der Waals surface area contributed by atoms with Crippen molar-refractivity contribution in [3.8, 4) is 46.3 Å². The van der Waals surface area contributed by atoms with Crippen molar-refractivity contribution in [2.24, 2.45) is 0 Å². The molecule has 0 aliphatic rings. The lowest BCUT2D eigenvalue weighted by molar-refractivity contribution is 0.867. The quantitative estimate of drug-likeness (QED) is 0.435. The zero-order valence-corrected chi connectivity index (χ0v) is 17.2. The highest BCUT2D eigenvalue weighted by Crippen LogP contribution is 2.26. The number of benzene rings is 3. The van der Waals surface area contributed by atoms with Gasteiger partial charge in [0.15, 0.2) is 17.5 Å². The number of hydrogen-bond donors (Lipinski definition) is 0. The molecule has 1 heterocycles. The van der Waals surface area contributed by atoms with Crippen LogP contribution in [0.5, 0.6) is 0 Å². The molecule has 31 heavy (non-hydrogen) atoms. The summed E-state index contributed by atoms with van der Waals surface area (Å²) in [5.41, 5.74) is 4.91. The smallest absolute Gasteiger partial charge is 0.164 e. The molecule has 0 aliphatic carbocycles. The second-order valence-electron chi connectivity index (χ2n) is 7.46. The highest BCUT2D eigenvalue weighted by atomic mass is 15.0. The molecule has 0 N–H and O–H groups in total. The first-order chi connectivity index (χ1) is 15.1. The fourth-order valence-corrected chi connectivity index (χ4v) is 3.17. The highest BCUT2D eigenvalue weighted by Gasteiger charge is 2.13. The van der Waals surface area contributed by atoms with E-state index < -0.39 is 0 Å². The lowest BCUT2D eigenvalue weighted by Gasteiger charge is -2.10. The van der Waals surface area contributed by atoms with E-state index >= 15 is 0 Å². The molecule has 0 aliphatic heterocycles. The van der Waals surface area contributed by atoms with Crippen molar-refractivity contribution in [3.63, 3.8) is 0 Å². The Morgan fingerprint density at radius 1 is 0.548 bits per heavy atom. The summed E-state index contributed by atoms with van der Waals surface area (Å²) in [6, 6.07) is 26.8. The SMILES string of the molecule is CC(C)c1ccc(-c2nc(-c3ccc(C#N)cc3)nc(-c3ccc(C#N)cc3)n2)cc1. The van der Waals surface area contributed by atoms with Crippen molar-refractivity contribution in [1.29, 1.82) is 10.5 Å². The minimum absolute atomic E-state index is 0.441. The van der Waals surface area contributed by atoms with E-state index in [0.29, 0.717) is 34.5 Å². The van der Waals surface area contributed by atoms with Gasteiger partial charge in [-0.1, -0.05) is 38.1 Å². The normalized spacial score (nSPS) is 10.5. The van der Waals surface area contributed by atoms with Crippen LogP contribution in [-0.4, -0.2) is 15.0 Å². The summed E-state index contributed by atoms with van der Waals surface area (Å²) < 4.78 is 0. The van der Waals surface area contributed by atoms with Gasteiger partial charge in [-0.2, -0.15) is 10.5 Å². The minimum atomic E-state index is 0.441. The molecule has 0 bridgehead atoms. The van der Waals surface area contributed by atoms with Crippen molar-refractivity contribution in [1.82, 2.24) is 15.0 Å². The van der Waals surface area contributed by atoms with Gasteiger partial charge in [0.25, 0.3) is 0 Å². The van der Waals surface area contributed by atoms with Gasteiger partial charge in [-0.15, -0.1) is 0 Å². The Balaban J connectivity index is 1.85. The van der Waals surface area contributed by atoms with Gasteiger partial charge in [-0.05, 0) is 60.0 Å². The first kappa shape index (κ1) is 19.9. The average molecular weight is 401 g/mol. The Hall–Kier alpha value is -4.35. The Labute approximate surface area is 181 Å². The van der Waals surface area contributed by atoms with Gasteiger partial charge < -0.3 is 0 Å². The van der Waals surface area contributed by atoms with Crippen LogP contribution in [0.2, 0.25) is 0 Å². The van der Waals surface area contributed by atoms with E-state index in [2.05, 4.69) is 43.1 Å². The molecule has 0 fully saturated rings. The summed E-state index contributed by atoms with van der Waals surface area (Å²) >= 11 is 0. The summed E-state index contributed by atoms with van der Waals surface area (Å²) in [6.07, 6.45) is 0. The van der Waals surface area contributed by atoms with Gasteiger partial charge in [-0.25, -0.2) is 15.0 Å². The molecular weight excluding hydrogens is 382 g/mol. The zero-order valence-electron chi connectivity index (χ0n) is 17.2. The van der Waals surface area contributed by atoms with Gasteiger partial charge in [0.1, 0.15) is 0 Å². The molecule has 0 spiro atoms.